The summed E-state index contributed by atoms with van der Waals surface area (Å²) in [5.74, 6) is 0.641. The van der Waals surface area contributed by atoms with Gasteiger partial charge in [0, 0.05) is 25.7 Å². The summed E-state index contributed by atoms with van der Waals surface area (Å²) < 4.78 is 5.42. The summed E-state index contributed by atoms with van der Waals surface area (Å²) >= 11 is 0. The number of likely N-dealkylation sites (tertiary alicyclic amines) is 1. The Hall–Kier alpha value is -0.650. The number of rotatable bonds is 8. The molecule has 5 heteroatoms. The Bertz CT molecular complexity index is 269. The minimum Gasteiger partial charge on any atom is -0.379 e. The zero-order chi connectivity index (χ0) is 14.3. The van der Waals surface area contributed by atoms with Crippen LogP contribution in [0.3, 0.4) is 0 Å². The van der Waals surface area contributed by atoms with Gasteiger partial charge in [-0.15, -0.1) is 0 Å². The highest BCUT2D eigenvalue weighted by atomic mass is 16.5. The van der Waals surface area contributed by atoms with Crippen molar-refractivity contribution in [3.05, 3.63) is 0 Å². The van der Waals surface area contributed by atoms with Crippen LogP contribution in [0.15, 0.2) is 0 Å². The second-order valence-electron chi connectivity index (χ2n) is 5.77. The van der Waals surface area contributed by atoms with E-state index in [2.05, 4.69) is 10.2 Å². The summed E-state index contributed by atoms with van der Waals surface area (Å²) in [7, 11) is 0. The molecule has 0 aromatic rings. The number of amides is 1. The summed E-state index contributed by atoms with van der Waals surface area (Å²) in [6, 6.07) is 0.223. The van der Waals surface area contributed by atoms with Crippen LogP contribution >= 0.6 is 0 Å². The summed E-state index contributed by atoms with van der Waals surface area (Å²) in [6.45, 7) is 9.89. The lowest BCUT2D eigenvalue weighted by atomic mass is 10.0. The minimum absolute atomic E-state index is 0.106. The van der Waals surface area contributed by atoms with E-state index in [1.807, 2.05) is 20.8 Å². The van der Waals surface area contributed by atoms with E-state index in [4.69, 9.17) is 10.5 Å². The molecule has 19 heavy (non-hydrogen) atoms. The third-order valence-electron chi connectivity index (χ3n) is 3.51. The average Bonchev–Trinajstić information content (AvgIpc) is 2.76. The number of carbonyl (C=O) groups is 1. The van der Waals surface area contributed by atoms with Gasteiger partial charge in [0.25, 0.3) is 0 Å². The van der Waals surface area contributed by atoms with Gasteiger partial charge < -0.3 is 15.8 Å². The van der Waals surface area contributed by atoms with Crippen LogP contribution in [0.4, 0.5) is 0 Å². The zero-order valence-corrected chi connectivity index (χ0v) is 12.5. The average molecular weight is 271 g/mol. The molecule has 1 fully saturated rings. The third-order valence-corrected chi connectivity index (χ3v) is 3.51. The summed E-state index contributed by atoms with van der Waals surface area (Å²) in [5, 5.41) is 2.94. The van der Waals surface area contributed by atoms with Gasteiger partial charge in [0.05, 0.1) is 12.6 Å². The van der Waals surface area contributed by atoms with Crippen LogP contribution in [0.1, 0.15) is 33.6 Å². The van der Waals surface area contributed by atoms with E-state index in [-0.39, 0.29) is 18.1 Å². The van der Waals surface area contributed by atoms with Crippen LogP contribution in [0, 0.1) is 5.92 Å². The van der Waals surface area contributed by atoms with Crippen molar-refractivity contribution in [1.29, 1.82) is 0 Å². The van der Waals surface area contributed by atoms with Crippen LogP contribution in [0.2, 0.25) is 0 Å². The summed E-state index contributed by atoms with van der Waals surface area (Å²) in [4.78, 5) is 13.9. The molecule has 1 rings (SSSR count). The van der Waals surface area contributed by atoms with E-state index < -0.39 is 0 Å². The van der Waals surface area contributed by atoms with E-state index in [1.54, 1.807) is 0 Å². The van der Waals surface area contributed by atoms with Gasteiger partial charge in [0.15, 0.2) is 0 Å². The summed E-state index contributed by atoms with van der Waals surface area (Å²) in [6.07, 6.45) is 2.23. The Morgan fingerprint density at radius 3 is 2.79 bits per heavy atom. The fraction of sp³-hybridized carbons (Fsp3) is 0.929. The number of hydrogen-bond acceptors (Lipinski definition) is 4. The minimum atomic E-state index is 0.106. The highest BCUT2D eigenvalue weighted by Crippen LogP contribution is 2.17. The fourth-order valence-corrected chi connectivity index (χ4v) is 2.31. The van der Waals surface area contributed by atoms with Crippen LogP contribution in [-0.4, -0.2) is 55.7 Å². The maximum atomic E-state index is 11.7. The van der Waals surface area contributed by atoms with Gasteiger partial charge in [0.2, 0.25) is 5.91 Å². The van der Waals surface area contributed by atoms with E-state index >= 15 is 0 Å². The molecule has 1 aliphatic heterocycles. The Morgan fingerprint density at radius 1 is 1.47 bits per heavy atom. The lowest BCUT2D eigenvalue weighted by Crippen LogP contribution is -2.38. The molecule has 0 radical (unpaired) electrons. The topological polar surface area (TPSA) is 67.6 Å². The molecular weight excluding hydrogens is 242 g/mol. The van der Waals surface area contributed by atoms with Crippen molar-refractivity contribution in [2.24, 2.45) is 11.7 Å². The first kappa shape index (κ1) is 16.4. The number of nitrogens with zero attached hydrogens (tertiary/aromatic N) is 1. The van der Waals surface area contributed by atoms with Crippen molar-refractivity contribution >= 4 is 5.91 Å². The number of nitrogens with one attached hydrogen (secondary N) is 1. The standard InChI is InChI=1S/C14H29N3O2/c1-11(2)19-8-4-6-16-14(18)10-17-7-5-13(9-17)12(3)15/h11-13H,4-10,15H2,1-3H3,(H,16,18). The van der Waals surface area contributed by atoms with Gasteiger partial charge in [-0.3, -0.25) is 9.69 Å². The highest BCUT2D eigenvalue weighted by Gasteiger charge is 2.26. The predicted molar refractivity (Wildman–Crippen MR) is 76.9 cm³/mol. The largest absolute Gasteiger partial charge is 0.379 e. The van der Waals surface area contributed by atoms with E-state index in [1.165, 1.54) is 0 Å². The number of ether oxygens (including phenoxy) is 1. The fourth-order valence-electron chi connectivity index (χ4n) is 2.31. The number of nitrogens with two attached hydrogens (primary N) is 1. The Balaban J connectivity index is 2.05. The first-order chi connectivity index (χ1) is 8.99. The SMILES string of the molecule is CC(C)OCCCNC(=O)CN1CCC(C(C)N)C1. The Morgan fingerprint density at radius 2 is 2.21 bits per heavy atom. The van der Waals surface area contributed by atoms with E-state index in [0.717, 1.165) is 25.9 Å². The van der Waals surface area contributed by atoms with Gasteiger partial charge in [-0.05, 0) is 46.1 Å². The molecule has 1 saturated heterocycles. The van der Waals surface area contributed by atoms with Gasteiger partial charge in [0.1, 0.15) is 0 Å². The van der Waals surface area contributed by atoms with Crippen LogP contribution in [-0.2, 0) is 9.53 Å². The predicted octanol–water partition coefficient (Wildman–Crippen LogP) is 0.587. The van der Waals surface area contributed by atoms with Gasteiger partial charge in [-0.2, -0.15) is 0 Å². The third kappa shape index (κ3) is 6.89. The Kier molecular flexibility index (Phi) is 7.34. The van der Waals surface area contributed by atoms with Crippen LogP contribution in [0.25, 0.3) is 0 Å². The molecule has 112 valence electrons. The monoisotopic (exact) mass is 271 g/mol. The van der Waals surface area contributed by atoms with E-state index in [9.17, 15) is 4.79 Å². The Labute approximate surface area is 116 Å². The molecule has 0 saturated carbocycles. The molecule has 0 bridgehead atoms. The van der Waals surface area contributed by atoms with Crippen molar-refractivity contribution in [3.63, 3.8) is 0 Å². The lowest BCUT2D eigenvalue weighted by molar-refractivity contribution is -0.122. The normalized spacial score (nSPS) is 21.8. The highest BCUT2D eigenvalue weighted by molar-refractivity contribution is 5.78. The molecule has 0 aromatic heterocycles. The molecular formula is C14H29N3O2. The molecule has 0 aromatic carbocycles. The first-order valence-corrected chi connectivity index (χ1v) is 7.35. The van der Waals surface area contributed by atoms with Crippen LogP contribution in [0.5, 0.6) is 0 Å². The molecule has 1 heterocycles. The number of hydrogen-bond donors (Lipinski definition) is 2. The summed E-state index contributed by atoms with van der Waals surface area (Å²) in [5.41, 5.74) is 5.89. The van der Waals surface area contributed by atoms with E-state index in [0.29, 0.717) is 25.6 Å². The molecule has 3 N–H and O–H groups in total. The van der Waals surface area contributed by atoms with Crippen molar-refractivity contribution in [1.82, 2.24) is 10.2 Å². The molecule has 5 nitrogen and oxygen atoms in total. The second-order valence-corrected chi connectivity index (χ2v) is 5.77. The maximum Gasteiger partial charge on any atom is 0.234 e. The van der Waals surface area contributed by atoms with Crippen molar-refractivity contribution in [2.45, 2.75) is 45.8 Å². The second kappa shape index (κ2) is 8.51. The molecule has 2 unspecified atom stereocenters. The smallest absolute Gasteiger partial charge is 0.234 e. The molecule has 1 amide bonds. The van der Waals surface area contributed by atoms with Gasteiger partial charge in [-0.25, -0.2) is 0 Å². The molecule has 1 aliphatic rings. The van der Waals surface area contributed by atoms with Crippen molar-refractivity contribution in [3.8, 4) is 0 Å². The quantitative estimate of drug-likeness (QED) is 0.634. The lowest BCUT2D eigenvalue weighted by Gasteiger charge is -2.17. The molecule has 0 spiro atoms. The zero-order valence-electron chi connectivity index (χ0n) is 12.5. The first-order valence-electron chi connectivity index (χ1n) is 7.35. The van der Waals surface area contributed by atoms with Gasteiger partial charge in [-0.1, -0.05) is 0 Å². The maximum absolute atomic E-state index is 11.7. The van der Waals surface area contributed by atoms with Gasteiger partial charge >= 0.3 is 0 Å². The molecule has 2 atom stereocenters. The number of carbonyl (C=O) groups excluding carboxylic acids is 1. The van der Waals surface area contributed by atoms with Crippen molar-refractivity contribution < 1.29 is 9.53 Å². The van der Waals surface area contributed by atoms with Crippen LogP contribution < -0.4 is 11.1 Å². The van der Waals surface area contributed by atoms with Crippen molar-refractivity contribution in [2.75, 3.05) is 32.8 Å². The molecule has 0 aliphatic carbocycles.